The lowest BCUT2D eigenvalue weighted by molar-refractivity contribution is -0.142. The number of rotatable bonds is 3. The predicted molar refractivity (Wildman–Crippen MR) is 79.7 cm³/mol. The lowest BCUT2D eigenvalue weighted by Gasteiger charge is -2.20. The van der Waals surface area contributed by atoms with Gasteiger partial charge < -0.3 is 0 Å². The van der Waals surface area contributed by atoms with Gasteiger partial charge in [0.1, 0.15) is 0 Å². The van der Waals surface area contributed by atoms with E-state index < -0.39 is 11.9 Å². The maximum Gasteiger partial charge on any atom is 0.433 e. The first-order valence-corrected chi connectivity index (χ1v) is 8.16. The quantitative estimate of drug-likeness (QED) is 0.606. The van der Waals surface area contributed by atoms with Crippen LogP contribution in [-0.4, -0.2) is 9.97 Å². The smallest absolute Gasteiger partial charge is 0.227 e. The van der Waals surface area contributed by atoms with Gasteiger partial charge in [-0.25, -0.2) is 9.97 Å². The largest absolute Gasteiger partial charge is 0.433 e. The monoisotopic (exact) mass is 324 g/mol. The van der Waals surface area contributed by atoms with E-state index in [1.807, 2.05) is 30.3 Å². The number of alkyl halides is 3. The van der Waals surface area contributed by atoms with E-state index in [4.69, 9.17) is 0 Å². The molecule has 3 rings (SSSR count). The second-order valence-electron chi connectivity index (χ2n) is 5.26. The lowest BCUT2D eigenvalue weighted by Crippen LogP contribution is -2.19. The number of thioether (sulfide) groups is 1. The minimum absolute atomic E-state index is 0.219. The van der Waals surface area contributed by atoms with Gasteiger partial charge in [0, 0.05) is 17.0 Å². The summed E-state index contributed by atoms with van der Waals surface area (Å²) in [5.41, 5.74) is 1.17. The Morgan fingerprint density at radius 1 is 1.00 bits per heavy atom. The zero-order valence-electron chi connectivity index (χ0n) is 11.9. The number of hydrogen-bond donors (Lipinski definition) is 0. The number of aromatic nitrogens is 2. The summed E-state index contributed by atoms with van der Waals surface area (Å²) < 4.78 is 39.7. The SMILES string of the molecule is FC(F)(F)c1nc(SCc2ccccc2)nc2c1CCCC2. The minimum atomic E-state index is -4.41. The standard InChI is InChI=1S/C16H15F3N2S/c17-16(18,19)14-12-8-4-5-9-13(12)20-15(21-14)22-10-11-6-2-1-3-7-11/h1-3,6-7H,4-5,8-10H2. The number of nitrogens with zero attached hydrogens (tertiary/aromatic N) is 2. The first-order valence-electron chi connectivity index (χ1n) is 7.18. The van der Waals surface area contributed by atoms with E-state index in [1.165, 1.54) is 11.8 Å². The fourth-order valence-electron chi connectivity index (χ4n) is 2.59. The Bertz CT molecular complexity index is 656. The van der Waals surface area contributed by atoms with Crippen LogP contribution >= 0.6 is 11.8 Å². The highest BCUT2D eigenvalue weighted by Gasteiger charge is 2.37. The van der Waals surface area contributed by atoms with Crippen molar-refractivity contribution in [3.8, 4) is 0 Å². The van der Waals surface area contributed by atoms with Crippen LogP contribution < -0.4 is 0 Å². The molecule has 0 radical (unpaired) electrons. The van der Waals surface area contributed by atoms with E-state index >= 15 is 0 Å². The van der Waals surface area contributed by atoms with Crippen molar-refractivity contribution in [1.29, 1.82) is 0 Å². The van der Waals surface area contributed by atoms with Crippen molar-refractivity contribution in [3.05, 3.63) is 52.8 Å². The Labute approximate surface area is 131 Å². The minimum Gasteiger partial charge on any atom is -0.227 e. The molecule has 0 N–H and O–H groups in total. The van der Waals surface area contributed by atoms with E-state index in [9.17, 15) is 13.2 Å². The van der Waals surface area contributed by atoms with Crippen LogP contribution in [0.2, 0.25) is 0 Å². The molecule has 0 bridgehead atoms. The Morgan fingerprint density at radius 3 is 2.45 bits per heavy atom. The number of halogens is 3. The van der Waals surface area contributed by atoms with Gasteiger partial charge in [-0.1, -0.05) is 42.1 Å². The molecular weight excluding hydrogens is 309 g/mol. The van der Waals surface area contributed by atoms with Crippen LogP contribution in [0, 0.1) is 0 Å². The van der Waals surface area contributed by atoms with Crippen LogP contribution in [-0.2, 0) is 24.8 Å². The van der Waals surface area contributed by atoms with E-state index in [-0.39, 0.29) is 5.16 Å². The van der Waals surface area contributed by atoms with Gasteiger partial charge in [0.05, 0.1) is 0 Å². The highest BCUT2D eigenvalue weighted by atomic mass is 32.2. The molecule has 1 aromatic heterocycles. The molecule has 0 atom stereocenters. The van der Waals surface area contributed by atoms with Gasteiger partial charge in [0.2, 0.25) is 0 Å². The third kappa shape index (κ3) is 3.43. The number of benzene rings is 1. The highest BCUT2D eigenvalue weighted by Crippen LogP contribution is 2.36. The van der Waals surface area contributed by atoms with Crippen molar-refractivity contribution in [1.82, 2.24) is 9.97 Å². The molecule has 0 fully saturated rings. The molecular formula is C16H15F3N2S. The van der Waals surface area contributed by atoms with Crippen molar-refractivity contribution >= 4 is 11.8 Å². The Kier molecular flexibility index (Phi) is 4.38. The van der Waals surface area contributed by atoms with Crippen LogP contribution in [0.3, 0.4) is 0 Å². The molecule has 2 aromatic rings. The van der Waals surface area contributed by atoms with Gasteiger partial charge in [0.15, 0.2) is 10.9 Å². The summed E-state index contributed by atoms with van der Waals surface area (Å²) >= 11 is 1.25. The molecule has 6 heteroatoms. The summed E-state index contributed by atoms with van der Waals surface area (Å²) in [4.78, 5) is 8.15. The van der Waals surface area contributed by atoms with Crippen molar-refractivity contribution in [2.75, 3.05) is 0 Å². The highest BCUT2D eigenvalue weighted by molar-refractivity contribution is 7.98. The molecule has 0 unspecified atom stereocenters. The van der Waals surface area contributed by atoms with Gasteiger partial charge in [-0.3, -0.25) is 0 Å². The molecule has 2 nitrogen and oxygen atoms in total. The van der Waals surface area contributed by atoms with Crippen LogP contribution in [0.1, 0.15) is 35.4 Å². The van der Waals surface area contributed by atoms with Crippen LogP contribution in [0.4, 0.5) is 13.2 Å². The third-order valence-corrected chi connectivity index (χ3v) is 4.56. The molecule has 1 aliphatic carbocycles. The molecule has 1 aromatic carbocycles. The average Bonchev–Trinajstić information content (AvgIpc) is 2.52. The fourth-order valence-corrected chi connectivity index (χ4v) is 3.41. The molecule has 1 heterocycles. The molecule has 22 heavy (non-hydrogen) atoms. The lowest BCUT2D eigenvalue weighted by atomic mass is 9.94. The second kappa shape index (κ2) is 6.28. The topological polar surface area (TPSA) is 25.8 Å². The Balaban J connectivity index is 1.88. The molecule has 1 aliphatic rings. The van der Waals surface area contributed by atoms with Gasteiger partial charge in [-0.2, -0.15) is 13.2 Å². The maximum atomic E-state index is 13.2. The van der Waals surface area contributed by atoms with Crippen LogP contribution in [0.5, 0.6) is 0 Å². The van der Waals surface area contributed by atoms with Crippen molar-refractivity contribution in [2.45, 2.75) is 42.8 Å². The van der Waals surface area contributed by atoms with Crippen molar-refractivity contribution in [2.24, 2.45) is 0 Å². The van der Waals surface area contributed by atoms with E-state index in [1.54, 1.807) is 0 Å². The van der Waals surface area contributed by atoms with Gasteiger partial charge >= 0.3 is 6.18 Å². The summed E-state index contributed by atoms with van der Waals surface area (Å²) in [6.45, 7) is 0. The van der Waals surface area contributed by atoms with E-state index in [0.29, 0.717) is 29.9 Å². The average molecular weight is 324 g/mol. The zero-order valence-corrected chi connectivity index (χ0v) is 12.7. The summed E-state index contributed by atoms with van der Waals surface area (Å²) in [6, 6.07) is 9.60. The number of hydrogen-bond acceptors (Lipinski definition) is 3. The molecule has 116 valence electrons. The number of aryl methyl sites for hydroxylation is 1. The summed E-state index contributed by atoms with van der Waals surface area (Å²) in [5, 5.41) is 0.219. The molecule has 0 aliphatic heterocycles. The fraction of sp³-hybridized carbons (Fsp3) is 0.375. The Hall–Kier alpha value is -1.56. The first kappa shape index (κ1) is 15.3. The third-order valence-electron chi connectivity index (χ3n) is 3.64. The molecule has 0 amide bonds. The zero-order chi connectivity index (χ0) is 15.6. The first-order chi connectivity index (χ1) is 10.5. The molecule has 0 spiro atoms. The molecule has 0 saturated carbocycles. The number of fused-ring (bicyclic) bond motifs is 1. The van der Waals surface area contributed by atoms with Crippen LogP contribution in [0.25, 0.3) is 0 Å². The summed E-state index contributed by atoms with van der Waals surface area (Å²) in [7, 11) is 0. The van der Waals surface area contributed by atoms with Crippen molar-refractivity contribution in [3.63, 3.8) is 0 Å². The summed E-state index contributed by atoms with van der Waals surface area (Å²) in [6.07, 6.45) is -1.71. The Morgan fingerprint density at radius 2 is 1.73 bits per heavy atom. The normalized spacial score (nSPS) is 14.7. The predicted octanol–water partition coefficient (Wildman–Crippen LogP) is 4.67. The second-order valence-corrected chi connectivity index (χ2v) is 6.20. The van der Waals surface area contributed by atoms with E-state index in [2.05, 4.69) is 9.97 Å². The molecule has 0 saturated heterocycles. The van der Waals surface area contributed by atoms with Crippen molar-refractivity contribution < 1.29 is 13.2 Å². The van der Waals surface area contributed by atoms with Gasteiger partial charge in [-0.05, 0) is 31.2 Å². The van der Waals surface area contributed by atoms with E-state index in [0.717, 1.165) is 18.4 Å². The summed E-state index contributed by atoms with van der Waals surface area (Å²) in [5.74, 6) is 0.566. The van der Waals surface area contributed by atoms with Crippen LogP contribution in [0.15, 0.2) is 35.5 Å². The maximum absolute atomic E-state index is 13.2. The van der Waals surface area contributed by atoms with Gasteiger partial charge in [0.25, 0.3) is 0 Å². The van der Waals surface area contributed by atoms with Gasteiger partial charge in [-0.15, -0.1) is 0 Å².